The maximum Gasteiger partial charge on any atom is 0.270 e. The molecule has 2 rings (SSSR count). The Bertz CT molecular complexity index is 556. The molecule has 1 fully saturated rings. The van der Waals surface area contributed by atoms with Gasteiger partial charge in [0.1, 0.15) is 0 Å². The highest BCUT2D eigenvalue weighted by atomic mass is 79.9. The van der Waals surface area contributed by atoms with Crippen LogP contribution in [-0.2, 0) is 0 Å². The van der Waals surface area contributed by atoms with Crippen molar-refractivity contribution in [2.45, 2.75) is 37.6 Å². The maximum absolute atomic E-state index is 12.4. The highest BCUT2D eigenvalue weighted by molar-refractivity contribution is 9.10. The summed E-state index contributed by atoms with van der Waals surface area (Å²) in [5, 5.41) is 23.3. The molecule has 7 heteroatoms. The van der Waals surface area contributed by atoms with Gasteiger partial charge < -0.3 is 10.4 Å². The second-order valence-electron chi connectivity index (χ2n) is 5.37. The third-order valence-electron chi connectivity index (χ3n) is 3.90. The third-order valence-corrected chi connectivity index (χ3v) is 4.59. The van der Waals surface area contributed by atoms with Gasteiger partial charge >= 0.3 is 0 Å². The third kappa shape index (κ3) is 3.59. The average Bonchev–Trinajstić information content (AvgIpc) is 2.48. The average molecular weight is 357 g/mol. The minimum atomic E-state index is -0.612. The van der Waals surface area contributed by atoms with Crippen LogP contribution in [0.3, 0.4) is 0 Å². The van der Waals surface area contributed by atoms with E-state index in [-0.39, 0.29) is 17.9 Å². The van der Waals surface area contributed by atoms with Crippen LogP contribution in [0.2, 0.25) is 0 Å². The topological polar surface area (TPSA) is 92.5 Å². The zero-order chi connectivity index (χ0) is 15.5. The molecule has 1 amide bonds. The smallest absolute Gasteiger partial charge is 0.270 e. The summed E-state index contributed by atoms with van der Waals surface area (Å²) in [6, 6.07) is 4.07. The number of nitro benzene ring substituents is 1. The molecule has 0 aliphatic heterocycles. The number of nitro groups is 1. The van der Waals surface area contributed by atoms with Gasteiger partial charge in [-0.3, -0.25) is 14.9 Å². The van der Waals surface area contributed by atoms with Gasteiger partial charge in [0.2, 0.25) is 0 Å². The fraction of sp³-hybridized carbons (Fsp3) is 0.500. The van der Waals surface area contributed by atoms with Gasteiger partial charge in [0.15, 0.2) is 0 Å². The number of amides is 1. The molecule has 1 aromatic carbocycles. The van der Waals surface area contributed by atoms with Crippen LogP contribution < -0.4 is 5.32 Å². The van der Waals surface area contributed by atoms with Crippen LogP contribution in [0.5, 0.6) is 0 Å². The van der Waals surface area contributed by atoms with Crippen LogP contribution in [0, 0.1) is 10.1 Å². The van der Waals surface area contributed by atoms with E-state index in [4.69, 9.17) is 0 Å². The quantitative estimate of drug-likeness (QED) is 0.640. The van der Waals surface area contributed by atoms with Crippen molar-refractivity contribution >= 4 is 27.5 Å². The van der Waals surface area contributed by atoms with Gasteiger partial charge in [0.25, 0.3) is 11.6 Å². The highest BCUT2D eigenvalue weighted by Crippen LogP contribution is 2.29. The van der Waals surface area contributed by atoms with Gasteiger partial charge in [0.05, 0.1) is 22.6 Å². The molecular formula is C14H17BrN2O4. The van der Waals surface area contributed by atoms with Crippen LogP contribution in [-0.4, -0.2) is 28.1 Å². The zero-order valence-electron chi connectivity index (χ0n) is 11.5. The number of hydrogen-bond donors (Lipinski definition) is 2. The van der Waals surface area contributed by atoms with Crippen molar-refractivity contribution in [1.82, 2.24) is 5.32 Å². The second kappa shape index (κ2) is 6.53. The molecule has 1 saturated carbocycles. The van der Waals surface area contributed by atoms with Crippen molar-refractivity contribution in [3.63, 3.8) is 0 Å². The highest BCUT2D eigenvalue weighted by Gasteiger charge is 2.33. The Balaban J connectivity index is 2.23. The lowest BCUT2D eigenvalue weighted by Gasteiger charge is -2.36. The molecule has 114 valence electrons. The van der Waals surface area contributed by atoms with E-state index in [1.165, 1.54) is 18.2 Å². The minimum Gasteiger partial charge on any atom is -0.394 e. The number of nitrogens with zero attached hydrogens (tertiary/aromatic N) is 1. The van der Waals surface area contributed by atoms with Gasteiger partial charge in [-0.25, -0.2) is 0 Å². The predicted molar refractivity (Wildman–Crippen MR) is 81.2 cm³/mol. The summed E-state index contributed by atoms with van der Waals surface area (Å²) in [6.45, 7) is -0.120. The van der Waals surface area contributed by atoms with E-state index in [9.17, 15) is 20.0 Å². The molecule has 0 heterocycles. The van der Waals surface area contributed by atoms with Crippen molar-refractivity contribution in [1.29, 1.82) is 0 Å². The van der Waals surface area contributed by atoms with E-state index < -0.39 is 16.4 Å². The molecule has 2 N–H and O–H groups in total. The number of hydrogen-bond acceptors (Lipinski definition) is 4. The second-order valence-corrected chi connectivity index (χ2v) is 6.23. The molecule has 0 unspecified atom stereocenters. The molecule has 1 aromatic rings. The van der Waals surface area contributed by atoms with E-state index in [0.717, 1.165) is 32.1 Å². The van der Waals surface area contributed by atoms with Gasteiger partial charge in [-0.05, 0) is 34.8 Å². The molecule has 1 aliphatic carbocycles. The largest absolute Gasteiger partial charge is 0.394 e. The van der Waals surface area contributed by atoms with Crippen LogP contribution in [0.15, 0.2) is 22.7 Å². The van der Waals surface area contributed by atoms with E-state index in [1.54, 1.807) is 0 Å². The number of aliphatic hydroxyl groups is 1. The van der Waals surface area contributed by atoms with Gasteiger partial charge in [-0.2, -0.15) is 0 Å². The van der Waals surface area contributed by atoms with Crippen LogP contribution in [0.1, 0.15) is 42.5 Å². The van der Waals surface area contributed by atoms with E-state index in [2.05, 4.69) is 21.2 Å². The summed E-state index contributed by atoms with van der Waals surface area (Å²) < 4.78 is 0.495. The molecular weight excluding hydrogens is 340 g/mol. The molecule has 1 aliphatic rings. The maximum atomic E-state index is 12.4. The first kappa shape index (κ1) is 15.9. The van der Waals surface area contributed by atoms with E-state index >= 15 is 0 Å². The van der Waals surface area contributed by atoms with Gasteiger partial charge in [0, 0.05) is 16.6 Å². The van der Waals surface area contributed by atoms with Crippen molar-refractivity contribution < 1.29 is 14.8 Å². The number of non-ortho nitro benzene ring substituents is 1. The summed E-state index contributed by atoms with van der Waals surface area (Å²) in [7, 11) is 0. The lowest BCUT2D eigenvalue weighted by Crippen LogP contribution is -2.52. The standard InChI is InChI=1S/C14H17BrN2O4/c15-12-5-4-10(17(20)21)8-11(12)13(19)16-14(9-18)6-2-1-3-7-14/h4-5,8,18H,1-3,6-7,9H2,(H,16,19). The first-order chi connectivity index (χ1) is 9.97. The van der Waals surface area contributed by atoms with Crippen molar-refractivity contribution in [2.24, 2.45) is 0 Å². The molecule has 0 bridgehead atoms. The summed E-state index contributed by atoms with van der Waals surface area (Å²) in [6.07, 6.45) is 4.45. The number of nitrogens with one attached hydrogen (secondary N) is 1. The lowest BCUT2D eigenvalue weighted by atomic mass is 9.82. The Hall–Kier alpha value is -1.47. The number of rotatable bonds is 4. The first-order valence-corrected chi connectivity index (χ1v) is 7.64. The van der Waals surface area contributed by atoms with Crippen molar-refractivity contribution in [3.8, 4) is 0 Å². The molecule has 0 atom stereocenters. The van der Waals surface area contributed by atoms with Gasteiger partial charge in [-0.15, -0.1) is 0 Å². The SMILES string of the molecule is O=C(NC1(CO)CCCCC1)c1cc([N+](=O)[O-])ccc1Br. The molecule has 0 radical (unpaired) electrons. The van der Waals surface area contributed by atoms with Crippen molar-refractivity contribution in [2.75, 3.05) is 6.61 Å². The molecule has 0 saturated heterocycles. The Morgan fingerprint density at radius 2 is 2.05 bits per heavy atom. The monoisotopic (exact) mass is 356 g/mol. The molecule has 0 spiro atoms. The Morgan fingerprint density at radius 1 is 1.38 bits per heavy atom. The van der Waals surface area contributed by atoms with E-state index in [0.29, 0.717) is 4.47 Å². The summed E-state index contributed by atoms with van der Waals surface area (Å²) in [4.78, 5) is 22.7. The number of carbonyl (C=O) groups is 1. The summed E-state index contributed by atoms with van der Waals surface area (Å²) in [5.41, 5.74) is -0.535. The number of halogens is 1. The zero-order valence-corrected chi connectivity index (χ0v) is 13.1. The van der Waals surface area contributed by atoms with Crippen molar-refractivity contribution in [3.05, 3.63) is 38.3 Å². The first-order valence-electron chi connectivity index (χ1n) is 6.85. The fourth-order valence-electron chi connectivity index (χ4n) is 2.66. The summed E-state index contributed by atoms with van der Waals surface area (Å²) in [5.74, 6) is -0.401. The van der Waals surface area contributed by atoms with Gasteiger partial charge in [-0.1, -0.05) is 19.3 Å². The molecule has 0 aromatic heterocycles. The minimum absolute atomic E-state index is 0.120. The molecule has 6 nitrogen and oxygen atoms in total. The van der Waals surface area contributed by atoms with E-state index in [1.807, 2.05) is 0 Å². The van der Waals surface area contributed by atoms with Crippen LogP contribution in [0.4, 0.5) is 5.69 Å². The number of benzene rings is 1. The number of aliphatic hydroxyl groups excluding tert-OH is 1. The Labute approximate surface area is 130 Å². The summed E-state index contributed by atoms with van der Waals surface area (Å²) >= 11 is 3.24. The Kier molecular flexibility index (Phi) is 4.95. The lowest BCUT2D eigenvalue weighted by molar-refractivity contribution is -0.384. The normalized spacial score (nSPS) is 17.2. The fourth-order valence-corrected chi connectivity index (χ4v) is 3.09. The Morgan fingerprint density at radius 3 is 2.62 bits per heavy atom. The van der Waals surface area contributed by atoms with Crippen LogP contribution in [0.25, 0.3) is 0 Å². The van der Waals surface area contributed by atoms with Crippen LogP contribution >= 0.6 is 15.9 Å². The number of carbonyl (C=O) groups excluding carboxylic acids is 1. The molecule has 21 heavy (non-hydrogen) atoms. The predicted octanol–water partition coefficient (Wildman–Crippen LogP) is 2.78.